The molecule has 3 heterocycles. The van der Waals surface area contributed by atoms with Crippen molar-refractivity contribution in [2.75, 3.05) is 31.1 Å². The number of anilines is 1. The SMILES string of the molecule is O=C(c1ccn2c(-c3ccccc3)nnc2c1)N1CCN(c2cccc(C(F)(F)F)c2)CC1. The van der Waals surface area contributed by atoms with Crippen LogP contribution in [0.3, 0.4) is 0 Å². The van der Waals surface area contributed by atoms with E-state index in [1.165, 1.54) is 6.07 Å². The zero-order valence-electron chi connectivity index (χ0n) is 17.5. The topological polar surface area (TPSA) is 53.7 Å². The van der Waals surface area contributed by atoms with E-state index in [0.29, 0.717) is 48.9 Å². The summed E-state index contributed by atoms with van der Waals surface area (Å²) < 4.78 is 40.9. The highest BCUT2D eigenvalue weighted by molar-refractivity contribution is 5.95. The Kier molecular flexibility index (Phi) is 5.24. The van der Waals surface area contributed by atoms with Crippen LogP contribution in [-0.2, 0) is 6.18 Å². The Morgan fingerprint density at radius 1 is 0.848 bits per heavy atom. The summed E-state index contributed by atoms with van der Waals surface area (Å²) >= 11 is 0. The fourth-order valence-electron chi connectivity index (χ4n) is 4.04. The van der Waals surface area contributed by atoms with Gasteiger partial charge >= 0.3 is 6.18 Å². The van der Waals surface area contributed by atoms with Gasteiger partial charge in [-0.3, -0.25) is 9.20 Å². The maximum Gasteiger partial charge on any atom is 0.416 e. The van der Waals surface area contributed by atoms with Gasteiger partial charge in [-0.05, 0) is 30.3 Å². The molecule has 0 aliphatic carbocycles. The third kappa shape index (κ3) is 4.13. The van der Waals surface area contributed by atoms with Crippen molar-refractivity contribution in [3.8, 4) is 11.4 Å². The number of benzene rings is 2. The number of halogens is 3. The number of fused-ring (bicyclic) bond motifs is 1. The number of rotatable bonds is 3. The number of amides is 1. The van der Waals surface area contributed by atoms with Crippen LogP contribution in [0.4, 0.5) is 18.9 Å². The van der Waals surface area contributed by atoms with E-state index in [-0.39, 0.29) is 5.91 Å². The number of aromatic nitrogens is 3. The third-order valence-corrected chi connectivity index (χ3v) is 5.79. The monoisotopic (exact) mass is 451 g/mol. The first-order valence-electron chi connectivity index (χ1n) is 10.5. The van der Waals surface area contributed by atoms with Gasteiger partial charge in [-0.2, -0.15) is 13.2 Å². The van der Waals surface area contributed by atoms with Crippen LogP contribution in [0.5, 0.6) is 0 Å². The molecule has 2 aromatic heterocycles. The Bertz CT molecular complexity index is 1290. The molecule has 1 amide bonds. The van der Waals surface area contributed by atoms with Crippen molar-refractivity contribution >= 4 is 17.2 Å². The number of pyridine rings is 1. The maximum atomic E-state index is 13.1. The highest BCUT2D eigenvalue weighted by Gasteiger charge is 2.31. The lowest BCUT2D eigenvalue weighted by Crippen LogP contribution is -2.48. The van der Waals surface area contributed by atoms with Crippen LogP contribution in [0, 0.1) is 0 Å². The minimum absolute atomic E-state index is 0.134. The molecule has 5 rings (SSSR count). The van der Waals surface area contributed by atoms with Gasteiger partial charge in [0.1, 0.15) is 0 Å². The van der Waals surface area contributed by atoms with Gasteiger partial charge < -0.3 is 9.80 Å². The van der Waals surface area contributed by atoms with Crippen LogP contribution in [0.2, 0.25) is 0 Å². The molecular formula is C24H20F3N5O. The number of carbonyl (C=O) groups excluding carboxylic acids is 1. The van der Waals surface area contributed by atoms with Crippen molar-refractivity contribution in [2.24, 2.45) is 0 Å². The maximum absolute atomic E-state index is 13.1. The van der Waals surface area contributed by atoms with E-state index >= 15 is 0 Å². The molecule has 0 radical (unpaired) electrons. The number of piperazine rings is 1. The molecule has 9 heteroatoms. The predicted molar refractivity (Wildman–Crippen MR) is 118 cm³/mol. The second-order valence-electron chi connectivity index (χ2n) is 7.86. The van der Waals surface area contributed by atoms with Gasteiger partial charge in [0.25, 0.3) is 5.91 Å². The first-order chi connectivity index (χ1) is 15.9. The Morgan fingerprint density at radius 2 is 1.61 bits per heavy atom. The van der Waals surface area contributed by atoms with Crippen LogP contribution in [0.1, 0.15) is 15.9 Å². The number of alkyl halides is 3. The number of hydrogen-bond donors (Lipinski definition) is 0. The summed E-state index contributed by atoms with van der Waals surface area (Å²) in [7, 11) is 0. The summed E-state index contributed by atoms with van der Waals surface area (Å²) in [5, 5.41) is 8.45. The minimum Gasteiger partial charge on any atom is -0.368 e. The van der Waals surface area contributed by atoms with Crippen LogP contribution in [0.25, 0.3) is 17.0 Å². The second-order valence-corrected chi connectivity index (χ2v) is 7.86. The molecule has 1 aliphatic heterocycles. The van der Waals surface area contributed by atoms with E-state index < -0.39 is 11.7 Å². The van der Waals surface area contributed by atoms with Crippen molar-refractivity contribution in [3.63, 3.8) is 0 Å². The molecule has 6 nitrogen and oxygen atoms in total. The van der Waals surface area contributed by atoms with E-state index in [2.05, 4.69) is 10.2 Å². The van der Waals surface area contributed by atoms with Gasteiger partial charge in [0.2, 0.25) is 0 Å². The lowest BCUT2D eigenvalue weighted by atomic mass is 10.1. The molecule has 0 unspecified atom stereocenters. The van der Waals surface area contributed by atoms with E-state index in [1.54, 1.807) is 29.3 Å². The molecule has 0 saturated carbocycles. The van der Waals surface area contributed by atoms with Crippen LogP contribution in [-0.4, -0.2) is 51.6 Å². The van der Waals surface area contributed by atoms with Gasteiger partial charge in [-0.25, -0.2) is 0 Å². The number of hydrogen-bond acceptors (Lipinski definition) is 4. The molecule has 0 bridgehead atoms. The molecule has 1 saturated heterocycles. The molecule has 1 fully saturated rings. The van der Waals surface area contributed by atoms with Crippen LogP contribution in [0.15, 0.2) is 72.9 Å². The van der Waals surface area contributed by atoms with Crippen molar-refractivity contribution in [1.82, 2.24) is 19.5 Å². The van der Waals surface area contributed by atoms with Crippen molar-refractivity contribution < 1.29 is 18.0 Å². The molecule has 4 aromatic rings. The van der Waals surface area contributed by atoms with Gasteiger partial charge in [0, 0.05) is 49.2 Å². The molecule has 168 valence electrons. The minimum atomic E-state index is -4.38. The molecule has 1 aliphatic rings. The van der Waals surface area contributed by atoms with E-state index in [1.807, 2.05) is 39.6 Å². The van der Waals surface area contributed by atoms with Crippen molar-refractivity contribution in [1.29, 1.82) is 0 Å². The second kappa shape index (κ2) is 8.23. The van der Waals surface area contributed by atoms with Crippen molar-refractivity contribution in [3.05, 3.63) is 84.1 Å². The fourth-order valence-corrected chi connectivity index (χ4v) is 4.04. The first kappa shape index (κ1) is 21.0. The van der Waals surface area contributed by atoms with Gasteiger partial charge in [-0.15, -0.1) is 10.2 Å². The smallest absolute Gasteiger partial charge is 0.368 e. The normalized spacial score (nSPS) is 14.6. The highest BCUT2D eigenvalue weighted by Crippen LogP contribution is 2.32. The van der Waals surface area contributed by atoms with Crippen LogP contribution < -0.4 is 4.90 Å². The van der Waals surface area contributed by atoms with E-state index in [9.17, 15) is 18.0 Å². The summed E-state index contributed by atoms with van der Waals surface area (Å²) in [5.41, 5.74) is 1.84. The summed E-state index contributed by atoms with van der Waals surface area (Å²) in [6, 6.07) is 18.4. The Hall–Kier alpha value is -3.88. The Balaban J connectivity index is 1.29. The molecule has 0 spiro atoms. The molecule has 2 aromatic carbocycles. The standard InChI is InChI=1S/C24H20F3N5O/c25-24(26,27)19-7-4-8-20(16-19)30-11-13-31(14-12-30)23(33)18-9-10-32-21(15-18)28-29-22(32)17-5-2-1-3-6-17/h1-10,15-16H,11-14H2. The summed E-state index contributed by atoms with van der Waals surface area (Å²) in [5.74, 6) is 0.560. The molecule has 0 atom stereocenters. The van der Waals surface area contributed by atoms with Gasteiger partial charge in [0.05, 0.1) is 5.56 Å². The summed E-state index contributed by atoms with van der Waals surface area (Å²) in [4.78, 5) is 16.6. The molecule has 33 heavy (non-hydrogen) atoms. The highest BCUT2D eigenvalue weighted by atomic mass is 19.4. The first-order valence-corrected chi connectivity index (χ1v) is 10.5. The predicted octanol–water partition coefficient (Wildman–Crippen LogP) is 4.38. The van der Waals surface area contributed by atoms with Crippen LogP contribution >= 0.6 is 0 Å². The quantitative estimate of drug-likeness (QED) is 0.464. The lowest BCUT2D eigenvalue weighted by Gasteiger charge is -2.36. The Labute approximate surface area is 187 Å². The van der Waals surface area contributed by atoms with E-state index in [4.69, 9.17) is 0 Å². The average Bonchev–Trinajstić information content (AvgIpc) is 3.27. The summed E-state index contributed by atoms with van der Waals surface area (Å²) in [6.45, 7) is 1.75. The lowest BCUT2D eigenvalue weighted by molar-refractivity contribution is -0.137. The average molecular weight is 451 g/mol. The zero-order valence-corrected chi connectivity index (χ0v) is 17.5. The Morgan fingerprint density at radius 3 is 2.33 bits per heavy atom. The zero-order chi connectivity index (χ0) is 23.0. The molecular weight excluding hydrogens is 431 g/mol. The van der Waals surface area contributed by atoms with E-state index in [0.717, 1.165) is 17.7 Å². The van der Waals surface area contributed by atoms with Crippen molar-refractivity contribution in [2.45, 2.75) is 6.18 Å². The largest absolute Gasteiger partial charge is 0.416 e. The van der Waals surface area contributed by atoms with Gasteiger partial charge in [0.15, 0.2) is 11.5 Å². The fraction of sp³-hybridized carbons (Fsp3) is 0.208. The third-order valence-electron chi connectivity index (χ3n) is 5.79. The number of carbonyl (C=O) groups is 1. The summed E-state index contributed by atoms with van der Waals surface area (Å²) in [6.07, 6.45) is -2.60. The number of nitrogens with zero attached hydrogens (tertiary/aromatic N) is 5. The molecule has 0 N–H and O–H groups in total. The van der Waals surface area contributed by atoms with Gasteiger partial charge in [-0.1, -0.05) is 36.4 Å².